The summed E-state index contributed by atoms with van der Waals surface area (Å²) in [7, 11) is 0. The second-order valence-electron chi connectivity index (χ2n) is 9.38. The monoisotopic (exact) mass is 495 g/mol. The van der Waals surface area contributed by atoms with Crippen LogP contribution in [0.15, 0.2) is 36.8 Å². The van der Waals surface area contributed by atoms with Crippen LogP contribution in [-0.4, -0.2) is 48.1 Å². The van der Waals surface area contributed by atoms with E-state index < -0.39 is 11.7 Å². The van der Waals surface area contributed by atoms with Gasteiger partial charge < -0.3 is 10.1 Å². The molecular weight excluding hydrogens is 470 g/mol. The van der Waals surface area contributed by atoms with Crippen LogP contribution in [-0.2, 0) is 4.74 Å². The number of rotatable bonds is 6. The van der Waals surface area contributed by atoms with E-state index in [9.17, 15) is 9.59 Å². The maximum Gasteiger partial charge on any atom is 0.417 e. The van der Waals surface area contributed by atoms with Crippen LogP contribution in [0.5, 0.6) is 0 Å². The molecule has 1 unspecified atom stereocenters. The van der Waals surface area contributed by atoms with Crippen LogP contribution >= 0.6 is 11.6 Å². The molecule has 0 bridgehead atoms. The van der Waals surface area contributed by atoms with Gasteiger partial charge >= 0.3 is 6.09 Å². The molecular formula is C24H26ClN7O3. The van der Waals surface area contributed by atoms with E-state index in [1.54, 1.807) is 42.3 Å². The topological polar surface area (TPSA) is 115 Å². The third kappa shape index (κ3) is 4.34. The predicted octanol–water partition coefficient (Wildman–Crippen LogP) is 4.41. The highest BCUT2D eigenvalue weighted by atomic mass is 35.5. The van der Waals surface area contributed by atoms with E-state index in [1.807, 2.05) is 6.92 Å². The van der Waals surface area contributed by atoms with E-state index in [4.69, 9.17) is 16.3 Å². The molecule has 182 valence electrons. The summed E-state index contributed by atoms with van der Waals surface area (Å²) in [5, 5.41) is 3.77. The summed E-state index contributed by atoms with van der Waals surface area (Å²) in [6.45, 7) is 7.77. The van der Waals surface area contributed by atoms with Crippen LogP contribution in [0.1, 0.15) is 61.5 Å². The number of halogens is 1. The van der Waals surface area contributed by atoms with E-state index in [1.165, 1.54) is 10.9 Å². The van der Waals surface area contributed by atoms with Gasteiger partial charge in [0.05, 0.1) is 17.8 Å². The molecule has 1 N–H and O–H groups in total. The highest BCUT2D eigenvalue weighted by Gasteiger charge is 2.63. The summed E-state index contributed by atoms with van der Waals surface area (Å²) >= 11 is 5.91. The Morgan fingerprint density at radius 2 is 1.89 bits per heavy atom. The van der Waals surface area contributed by atoms with E-state index in [0.29, 0.717) is 28.1 Å². The van der Waals surface area contributed by atoms with Crippen LogP contribution in [0.4, 0.5) is 16.7 Å². The minimum absolute atomic E-state index is 0.128. The predicted molar refractivity (Wildman–Crippen MR) is 130 cm³/mol. The van der Waals surface area contributed by atoms with Crippen molar-refractivity contribution in [3.05, 3.63) is 58.9 Å². The molecule has 1 aromatic carbocycles. The van der Waals surface area contributed by atoms with Gasteiger partial charge in [-0.2, -0.15) is 15.0 Å². The van der Waals surface area contributed by atoms with Crippen LogP contribution in [0, 0.1) is 12.8 Å². The molecule has 1 spiro atoms. The smallest absolute Gasteiger partial charge is 0.417 e. The molecule has 3 aromatic rings. The van der Waals surface area contributed by atoms with Gasteiger partial charge in [-0.1, -0.05) is 25.4 Å². The molecule has 2 aromatic heterocycles. The number of hydrogen-bond acceptors (Lipinski definition) is 8. The molecule has 1 amide bonds. The van der Waals surface area contributed by atoms with Crippen molar-refractivity contribution in [2.75, 3.05) is 10.2 Å². The summed E-state index contributed by atoms with van der Waals surface area (Å²) in [6, 6.07) is 6.23. The molecule has 3 heterocycles. The lowest BCUT2D eigenvalue weighted by Crippen LogP contribution is -2.43. The number of nitrogens with zero attached hydrogens (tertiary/aromatic N) is 6. The molecule has 2 fully saturated rings. The molecule has 0 radical (unpaired) electrons. The van der Waals surface area contributed by atoms with Crippen molar-refractivity contribution in [2.24, 2.45) is 5.92 Å². The number of anilines is 2. The fourth-order valence-electron chi connectivity index (χ4n) is 4.59. The van der Waals surface area contributed by atoms with Crippen molar-refractivity contribution >= 4 is 35.5 Å². The summed E-state index contributed by atoms with van der Waals surface area (Å²) < 4.78 is 7.13. The minimum Gasteiger partial charge on any atom is -0.440 e. The number of amides is 1. The van der Waals surface area contributed by atoms with Gasteiger partial charge in [-0.15, -0.1) is 0 Å². The molecule has 11 heteroatoms. The quantitative estimate of drug-likeness (QED) is 0.534. The number of imidazole rings is 1. The maximum absolute atomic E-state index is 12.7. The second kappa shape index (κ2) is 8.60. The number of aryl methyl sites for hydroxylation is 1. The molecule has 2 aliphatic rings. The molecule has 1 aliphatic heterocycles. The van der Waals surface area contributed by atoms with Crippen molar-refractivity contribution in [2.45, 2.75) is 58.2 Å². The number of carbonyl (C=O) groups excluding carboxylic acids is 2. The number of nitrogens with one attached hydrogen (secondary N) is 1. The normalized spacial score (nSPS) is 19.2. The van der Waals surface area contributed by atoms with Gasteiger partial charge in [0.15, 0.2) is 0 Å². The molecule has 2 atom stereocenters. The zero-order chi connectivity index (χ0) is 24.9. The highest BCUT2D eigenvalue weighted by Crippen LogP contribution is 2.52. The van der Waals surface area contributed by atoms with Crippen molar-refractivity contribution in [1.82, 2.24) is 24.5 Å². The fraction of sp³-hybridized carbons (Fsp3) is 0.417. The minimum atomic E-state index is -0.434. The SMILES string of the molecule is Cc1nc(N[C@@H](C)c2cn(C(=O)c3ccc(Cl)cc3)cn2)nc(N2C(=O)OC3(CC3)C2C(C)C)n1. The van der Waals surface area contributed by atoms with Crippen molar-refractivity contribution < 1.29 is 14.3 Å². The van der Waals surface area contributed by atoms with Crippen molar-refractivity contribution in [3.8, 4) is 0 Å². The zero-order valence-corrected chi connectivity index (χ0v) is 20.7. The maximum atomic E-state index is 12.7. The Hall–Kier alpha value is -3.53. The molecule has 1 saturated carbocycles. The third-order valence-electron chi connectivity index (χ3n) is 6.35. The standard InChI is InChI=1S/C24H26ClN7O3/c1-13(2)19-24(9-10-24)35-23(34)32(19)22-29-15(4)28-21(30-22)27-14(3)18-11-31(12-26-18)20(33)16-5-7-17(25)8-6-16/h5-8,11-14,19H,9-10H2,1-4H3,(H,27,28,29,30)/t14-,19?/m0/s1. The molecule has 1 aliphatic carbocycles. The van der Waals surface area contributed by atoms with Crippen LogP contribution in [0.2, 0.25) is 5.02 Å². The first kappa shape index (κ1) is 23.2. The summed E-state index contributed by atoms with van der Waals surface area (Å²) in [5.74, 6) is 1.01. The average molecular weight is 496 g/mol. The number of hydrogen-bond donors (Lipinski definition) is 1. The average Bonchev–Trinajstić information content (AvgIpc) is 3.26. The lowest BCUT2D eigenvalue weighted by atomic mass is 9.96. The number of aromatic nitrogens is 5. The fourth-order valence-corrected chi connectivity index (χ4v) is 4.71. The Morgan fingerprint density at radius 3 is 2.54 bits per heavy atom. The Labute approximate surface area is 207 Å². The first-order chi connectivity index (χ1) is 16.7. The summed E-state index contributed by atoms with van der Waals surface area (Å²) in [5.41, 5.74) is 0.697. The Kier molecular flexibility index (Phi) is 5.71. The molecule has 35 heavy (non-hydrogen) atoms. The van der Waals surface area contributed by atoms with E-state index >= 15 is 0 Å². The number of carbonyl (C=O) groups is 2. The van der Waals surface area contributed by atoms with Gasteiger partial charge in [-0.25, -0.2) is 14.7 Å². The Bertz CT molecular complexity index is 1290. The van der Waals surface area contributed by atoms with E-state index in [-0.39, 0.29) is 29.9 Å². The van der Waals surface area contributed by atoms with Crippen LogP contribution in [0.3, 0.4) is 0 Å². The van der Waals surface area contributed by atoms with E-state index in [0.717, 1.165) is 12.8 Å². The van der Waals surface area contributed by atoms with Gasteiger partial charge in [-0.3, -0.25) is 9.36 Å². The Morgan fingerprint density at radius 1 is 1.17 bits per heavy atom. The lowest BCUT2D eigenvalue weighted by molar-refractivity contribution is 0.0959. The van der Waals surface area contributed by atoms with Gasteiger partial charge in [0.1, 0.15) is 17.8 Å². The van der Waals surface area contributed by atoms with Gasteiger partial charge in [0.2, 0.25) is 11.9 Å². The first-order valence-corrected chi connectivity index (χ1v) is 11.9. The highest BCUT2D eigenvalue weighted by molar-refractivity contribution is 6.30. The third-order valence-corrected chi connectivity index (χ3v) is 6.60. The number of benzene rings is 1. The second-order valence-corrected chi connectivity index (χ2v) is 9.82. The lowest BCUT2D eigenvalue weighted by Gasteiger charge is -2.26. The van der Waals surface area contributed by atoms with Crippen LogP contribution < -0.4 is 10.2 Å². The largest absolute Gasteiger partial charge is 0.440 e. The van der Waals surface area contributed by atoms with Crippen LogP contribution in [0.25, 0.3) is 0 Å². The molecule has 1 saturated heterocycles. The van der Waals surface area contributed by atoms with Crippen molar-refractivity contribution in [3.63, 3.8) is 0 Å². The van der Waals surface area contributed by atoms with Gasteiger partial charge in [-0.05, 0) is 56.9 Å². The molecule has 10 nitrogen and oxygen atoms in total. The van der Waals surface area contributed by atoms with E-state index in [2.05, 4.69) is 39.1 Å². The Balaban J connectivity index is 1.35. The van der Waals surface area contributed by atoms with Gasteiger partial charge in [0, 0.05) is 16.8 Å². The zero-order valence-electron chi connectivity index (χ0n) is 19.9. The summed E-state index contributed by atoms with van der Waals surface area (Å²) in [6.07, 6.45) is 4.40. The summed E-state index contributed by atoms with van der Waals surface area (Å²) in [4.78, 5) is 44.8. The molecule has 5 rings (SSSR count). The van der Waals surface area contributed by atoms with Crippen molar-refractivity contribution in [1.29, 1.82) is 0 Å². The van der Waals surface area contributed by atoms with Gasteiger partial charge in [0.25, 0.3) is 5.91 Å². The number of ether oxygens (including phenoxy) is 1. The first-order valence-electron chi connectivity index (χ1n) is 11.5.